The summed E-state index contributed by atoms with van der Waals surface area (Å²) >= 11 is 0. The molecule has 3 nitrogen and oxygen atoms in total. The minimum atomic E-state index is 0.801. The van der Waals surface area contributed by atoms with Gasteiger partial charge in [-0.25, -0.2) is 0 Å². The Labute approximate surface area is 72.5 Å². The zero-order chi connectivity index (χ0) is 8.81. The number of aryl methyl sites for hydroxylation is 1. The highest BCUT2D eigenvalue weighted by atomic mass is 15.4. The van der Waals surface area contributed by atoms with E-state index in [2.05, 4.69) is 15.8 Å². The van der Waals surface area contributed by atoms with Crippen LogP contribution >= 0.6 is 0 Å². The van der Waals surface area contributed by atoms with Gasteiger partial charge in [0.2, 0.25) is 0 Å². The third-order valence-electron chi connectivity index (χ3n) is 1.43. The summed E-state index contributed by atoms with van der Waals surface area (Å²) in [5.41, 5.74) is 4.88. The summed E-state index contributed by atoms with van der Waals surface area (Å²) in [5.74, 6) is 0. The molecule has 0 radical (unpaired) electrons. The summed E-state index contributed by atoms with van der Waals surface area (Å²) < 4.78 is 0. The Morgan fingerprint density at radius 1 is 1.25 bits per heavy atom. The molecule has 1 N–H and O–H groups in total. The van der Waals surface area contributed by atoms with Crippen molar-refractivity contribution in [1.82, 2.24) is 5.43 Å². The van der Waals surface area contributed by atoms with Crippen molar-refractivity contribution in [3.05, 3.63) is 29.8 Å². The predicted molar refractivity (Wildman–Crippen MR) is 49.4 cm³/mol. The van der Waals surface area contributed by atoms with Gasteiger partial charge in [0.25, 0.3) is 0 Å². The molecule has 0 atom stereocenters. The molecular formula is C9H13N3. The molecule has 0 amide bonds. The summed E-state index contributed by atoms with van der Waals surface area (Å²) in [4.78, 5) is 0. The zero-order valence-corrected chi connectivity index (χ0v) is 7.41. The van der Waals surface area contributed by atoms with Gasteiger partial charge >= 0.3 is 0 Å². The number of benzene rings is 1. The van der Waals surface area contributed by atoms with Crippen LogP contribution in [0.15, 0.2) is 34.6 Å². The molecule has 0 aliphatic heterocycles. The van der Waals surface area contributed by atoms with Crippen LogP contribution < -0.4 is 5.43 Å². The van der Waals surface area contributed by atoms with Crippen LogP contribution in [0.25, 0.3) is 0 Å². The van der Waals surface area contributed by atoms with E-state index in [1.165, 1.54) is 5.56 Å². The van der Waals surface area contributed by atoms with Gasteiger partial charge in [-0.1, -0.05) is 22.9 Å². The molecule has 0 aliphatic rings. The Hall–Kier alpha value is -1.38. The fraction of sp³-hybridized carbons (Fsp3) is 0.333. The highest BCUT2D eigenvalue weighted by molar-refractivity contribution is 5.37. The molecule has 0 bridgehead atoms. The summed E-state index contributed by atoms with van der Waals surface area (Å²) in [5, 5.41) is 7.72. The summed E-state index contributed by atoms with van der Waals surface area (Å²) in [6.45, 7) is 4.83. The fourth-order valence-electron chi connectivity index (χ4n) is 0.775. The molecule has 0 fully saturated rings. The quantitative estimate of drug-likeness (QED) is 0.539. The van der Waals surface area contributed by atoms with E-state index in [0.717, 1.165) is 12.2 Å². The maximum absolute atomic E-state index is 3.95. The molecule has 1 aromatic rings. The highest BCUT2D eigenvalue weighted by Gasteiger charge is 1.86. The Morgan fingerprint density at radius 2 is 1.92 bits per heavy atom. The van der Waals surface area contributed by atoms with Crippen LogP contribution in [0.4, 0.5) is 5.69 Å². The smallest absolute Gasteiger partial charge is 0.0874 e. The molecule has 12 heavy (non-hydrogen) atoms. The average molecular weight is 163 g/mol. The molecule has 0 heterocycles. The molecular weight excluding hydrogens is 150 g/mol. The van der Waals surface area contributed by atoms with E-state index in [-0.39, 0.29) is 0 Å². The van der Waals surface area contributed by atoms with E-state index in [0.29, 0.717) is 0 Å². The van der Waals surface area contributed by atoms with Gasteiger partial charge in [-0.05, 0) is 26.0 Å². The van der Waals surface area contributed by atoms with Gasteiger partial charge in [0.05, 0.1) is 5.69 Å². The average Bonchev–Trinajstić information content (AvgIpc) is 2.09. The monoisotopic (exact) mass is 163 g/mol. The van der Waals surface area contributed by atoms with Gasteiger partial charge < -0.3 is 0 Å². The van der Waals surface area contributed by atoms with Gasteiger partial charge in [0.15, 0.2) is 0 Å². The van der Waals surface area contributed by atoms with Crippen molar-refractivity contribution in [2.45, 2.75) is 13.8 Å². The largest absolute Gasteiger partial charge is 0.292 e. The summed E-state index contributed by atoms with van der Waals surface area (Å²) in [7, 11) is 0. The Kier molecular flexibility index (Phi) is 3.26. The number of nitrogens with zero attached hydrogens (tertiary/aromatic N) is 2. The number of nitrogens with one attached hydrogen (secondary N) is 1. The first kappa shape index (κ1) is 8.71. The summed E-state index contributed by atoms with van der Waals surface area (Å²) in [6, 6.07) is 7.91. The third-order valence-corrected chi connectivity index (χ3v) is 1.43. The minimum absolute atomic E-state index is 0.801. The van der Waals surface area contributed by atoms with Crippen LogP contribution in [0.2, 0.25) is 0 Å². The predicted octanol–water partition coefficient (Wildman–Crippen LogP) is 2.60. The van der Waals surface area contributed by atoms with Crippen molar-refractivity contribution < 1.29 is 0 Å². The zero-order valence-electron chi connectivity index (χ0n) is 7.41. The standard InChI is InChI=1S/C9H13N3/c1-3-10-12-11-9-6-4-8(2)5-7-9/h4-7H,3H2,1-2H3,(H,10,11). The fourth-order valence-corrected chi connectivity index (χ4v) is 0.775. The van der Waals surface area contributed by atoms with Crippen molar-refractivity contribution in [1.29, 1.82) is 0 Å². The van der Waals surface area contributed by atoms with E-state index >= 15 is 0 Å². The van der Waals surface area contributed by atoms with Gasteiger partial charge in [-0.2, -0.15) is 0 Å². The van der Waals surface area contributed by atoms with Gasteiger partial charge in [0.1, 0.15) is 0 Å². The SMILES string of the molecule is CCN/N=N/c1ccc(C)cc1. The topological polar surface area (TPSA) is 36.8 Å². The van der Waals surface area contributed by atoms with Gasteiger partial charge in [0, 0.05) is 6.54 Å². The van der Waals surface area contributed by atoms with E-state index in [1.807, 2.05) is 38.1 Å². The van der Waals surface area contributed by atoms with Crippen molar-refractivity contribution in [2.24, 2.45) is 10.3 Å². The second-order valence-electron chi connectivity index (χ2n) is 2.55. The number of rotatable bonds is 3. The number of hydrogen-bond acceptors (Lipinski definition) is 2. The third kappa shape index (κ3) is 2.70. The lowest BCUT2D eigenvalue weighted by atomic mass is 10.2. The molecule has 0 saturated heterocycles. The van der Waals surface area contributed by atoms with Crippen molar-refractivity contribution in [2.75, 3.05) is 6.54 Å². The maximum atomic E-state index is 3.95. The normalized spacial score (nSPS) is 10.5. The van der Waals surface area contributed by atoms with Crippen LogP contribution in [0.3, 0.4) is 0 Å². The van der Waals surface area contributed by atoms with Crippen LogP contribution in [-0.2, 0) is 0 Å². The molecule has 64 valence electrons. The first-order valence-electron chi connectivity index (χ1n) is 4.03. The first-order chi connectivity index (χ1) is 5.83. The van der Waals surface area contributed by atoms with E-state index in [1.54, 1.807) is 0 Å². The minimum Gasteiger partial charge on any atom is -0.292 e. The van der Waals surface area contributed by atoms with Crippen LogP contribution in [0.5, 0.6) is 0 Å². The Balaban J connectivity index is 2.58. The van der Waals surface area contributed by atoms with Crippen molar-refractivity contribution >= 4 is 5.69 Å². The van der Waals surface area contributed by atoms with E-state index < -0.39 is 0 Å². The highest BCUT2D eigenvalue weighted by Crippen LogP contribution is 2.11. The molecule has 1 rings (SSSR count). The van der Waals surface area contributed by atoms with Crippen LogP contribution in [0.1, 0.15) is 12.5 Å². The molecule has 0 saturated carbocycles. The maximum Gasteiger partial charge on any atom is 0.0874 e. The molecule has 0 spiro atoms. The lowest BCUT2D eigenvalue weighted by molar-refractivity contribution is 0.732. The molecule has 1 aromatic carbocycles. The first-order valence-corrected chi connectivity index (χ1v) is 4.03. The van der Waals surface area contributed by atoms with Gasteiger partial charge in [-0.15, -0.1) is 5.11 Å². The van der Waals surface area contributed by atoms with E-state index in [4.69, 9.17) is 0 Å². The second-order valence-corrected chi connectivity index (χ2v) is 2.55. The molecule has 3 heteroatoms. The molecule has 0 aliphatic carbocycles. The Bertz CT molecular complexity index is 251. The lowest BCUT2D eigenvalue weighted by Gasteiger charge is -1.93. The lowest BCUT2D eigenvalue weighted by Crippen LogP contribution is -2.00. The van der Waals surface area contributed by atoms with E-state index in [9.17, 15) is 0 Å². The summed E-state index contributed by atoms with van der Waals surface area (Å²) in [6.07, 6.45) is 0. The Morgan fingerprint density at radius 3 is 2.50 bits per heavy atom. The van der Waals surface area contributed by atoms with Gasteiger partial charge in [-0.3, -0.25) is 5.43 Å². The molecule has 0 unspecified atom stereocenters. The van der Waals surface area contributed by atoms with Crippen LogP contribution in [0, 0.1) is 6.92 Å². The molecule has 0 aromatic heterocycles. The van der Waals surface area contributed by atoms with Crippen molar-refractivity contribution in [3.8, 4) is 0 Å². The van der Waals surface area contributed by atoms with Crippen molar-refractivity contribution in [3.63, 3.8) is 0 Å². The van der Waals surface area contributed by atoms with Crippen LogP contribution in [-0.4, -0.2) is 6.54 Å². The number of hydrogen-bond donors (Lipinski definition) is 1. The second kappa shape index (κ2) is 4.49.